The van der Waals surface area contributed by atoms with Crippen LogP contribution in [0.15, 0.2) is 42.0 Å². The number of nitrogens with one attached hydrogen (secondary N) is 1. The van der Waals surface area contributed by atoms with E-state index >= 15 is 0 Å². The Morgan fingerprint density at radius 2 is 1.94 bits per heavy atom. The Labute approximate surface area is 203 Å². The zero-order valence-electron chi connectivity index (χ0n) is 20.0. The molecular formula is C26H31F4N3O2. The summed E-state index contributed by atoms with van der Waals surface area (Å²) in [5, 5.41) is 3.08. The minimum absolute atomic E-state index is 0.303. The van der Waals surface area contributed by atoms with Crippen LogP contribution in [0.2, 0.25) is 0 Å². The third-order valence-corrected chi connectivity index (χ3v) is 6.56. The molecule has 0 fully saturated rings. The summed E-state index contributed by atoms with van der Waals surface area (Å²) in [4.78, 5) is 6.14. The average molecular weight is 494 g/mol. The molecule has 4 rings (SSSR count). The molecule has 0 saturated carbocycles. The summed E-state index contributed by atoms with van der Waals surface area (Å²) in [6.07, 6.45) is -2.81. The topological polar surface area (TPSA) is 46.6 Å². The van der Waals surface area contributed by atoms with E-state index in [4.69, 9.17) is 9.47 Å². The molecule has 0 unspecified atom stereocenters. The summed E-state index contributed by atoms with van der Waals surface area (Å²) in [5.41, 5.74) is 4.69. The van der Waals surface area contributed by atoms with Gasteiger partial charge in [-0.05, 0) is 61.1 Å². The molecule has 0 radical (unpaired) electrons. The van der Waals surface area contributed by atoms with Crippen molar-refractivity contribution in [2.24, 2.45) is 0 Å². The smallest absolute Gasteiger partial charge is 0.401 e. The van der Waals surface area contributed by atoms with Crippen LogP contribution in [0.3, 0.4) is 0 Å². The summed E-state index contributed by atoms with van der Waals surface area (Å²) < 4.78 is 64.7. The van der Waals surface area contributed by atoms with E-state index in [2.05, 4.69) is 10.3 Å². The van der Waals surface area contributed by atoms with Crippen molar-refractivity contribution in [2.45, 2.75) is 44.4 Å². The number of hydrogen-bond donors (Lipinski definition) is 1. The number of ether oxygens (including phenoxy) is 2. The number of aromatic nitrogens is 1. The molecule has 2 aliphatic rings. The maximum absolute atomic E-state index is 13.7. The van der Waals surface area contributed by atoms with Crippen LogP contribution in [-0.4, -0.2) is 62.1 Å². The quantitative estimate of drug-likeness (QED) is 0.368. The van der Waals surface area contributed by atoms with Gasteiger partial charge in [-0.15, -0.1) is 0 Å². The number of nitrogens with zero attached hydrogens (tertiary/aromatic N) is 2. The van der Waals surface area contributed by atoms with Gasteiger partial charge in [0.25, 0.3) is 0 Å². The van der Waals surface area contributed by atoms with Gasteiger partial charge in [-0.25, -0.2) is 4.98 Å². The average Bonchev–Trinajstić information content (AvgIpc) is 3.19. The van der Waals surface area contributed by atoms with Crippen LogP contribution in [0.5, 0.6) is 11.6 Å². The van der Waals surface area contributed by atoms with Crippen molar-refractivity contribution in [1.82, 2.24) is 15.2 Å². The van der Waals surface area contributed by atoms with Crippen LogP contribution in [0.25, 0.3) is 5.57 Å². The number of methoxy groups -OCH3 is 1. The normalized spacial score (nSPS) is 20.1. The fraction of sp³-hybridized carbons (Fsp3) is 0.500. The predicted octanol–water partition coefficient (Wildman–Crippen LogP) is 5.13. The molecule has 5 nitrogen and oxygen atoms in total. The highest BCUT2D eigenvalue weighted by Crippen LogP contribution is 2.50. The first-order chi connectivity index (χ1) is 16.8. The molecule has 1 aliphatic heterocycles. The van der Waals surface area contributed by atoms with Crippen molar-refractivity contribution in [1.29, 1.82) is 0 Å². The monoisotopic (exact) mass is 493 g/mol. The molecule has 1 aliphatic carbocycles. The lowest BCUT2D eigenvalue weighted by Gasteiger charge is -2.42. The van der Waals surface area contributed by atoms with Crippen molar-refractivity contribution in [2.75, 3.05) is 40.0 Å². The van der Waals surface area contributed by atoms with Crippen molar-refractivity contribution in [3.63, 3.8) is 0 Å². The molecule has 2 aromatic rings. The lowest BCUT2D eigenvalue weighted by atomic mass is 9.86. The summed E-state index contributed by atoms with van der Waals surface area (Å²) in [6.45, 7) is 1.77. The van der Waals surface area contributed by atoms with E-state index in [1.807, 2.05) is 31.2 Å². The Bertz CT molecular complexity index is 1060. The van der Waals surface area contributed by atoms with Crippen LogP contribution in [0, 0.1) is 0 Å². The van der Waals surface area contributed by atoms with Crippen LogP contribution < -0.4 is 14.8 Å². The second-order valence-corrected chi connectivity index (χ2v) is 8.96. The van der Waals surface area contributed by atoms with Crippen LogP contribution >= 0.6 is 0 Å². The molecule has 2 heterocycles. The Morgan fingerprint density at radius 1 is 1.14 bits per heavy atom. The van der Waals surface area contributed by atoms with Crippen LogP contribution in [0.1, 0.15) is 42.6 Å². The van der Waals surface area contributed by atoms with Crippen LogP contribution in [-0.2, 0) is 6.42 Å². The molecule has 0 amide bonds. The van der Waals surface area contributed by atoms with Gasteiger partial charge in [0.15, 0.2) is 0 Å². The first-order valence-electron chi connectivity index (χ1n) is 11.9. The molecule has 2 atom stereocenters. The predicted molar refractivity (Wildman–Crippen MR) is 126 cm³/mol. The number of alkyl halides is 4. The maximum atomic E-state index is 13.7. The number of pyridine rings is 1. The Morgan fingerprint density at radius 3 is 2.69 bits per heavy atom. The van der Waals surface area contributed by atoms with Gasteiger partial charge in [-0.2, -0.15) is 13.2 Å². The first-order valence-corrected chi connectivity index (χ1v) is 11.9. The first kappa shape index (κ1) is 25.4. The molecule has 0 spiro atoms. The number of fused-ring (bicyclic) bond motifs is 2. The van der Waals surface area contributed by atoms with E-state index in [1.165, 1.54) is 12.0 Å². The Balaban J connectivity index is 1.68. The van der Waals surface area contributed by atoms with Gasteiger partial charge in [0.1, 0.15) is 18.1 Å². The second-order valence-electron chi connectivity index (χ2n) is 8.96. The number of halogens is 4. The van der Waals surface area contributed by atoms with E-state index in [-0.39, 0.29) is 12.7 Å². The van der Waals surface area contributed by atoms with Gasteiger partial charge in [0.2, 0.25) is 5.88 Å². The molecule has 190 valence electrons. The maximum Gasteiger partial charge on any atom is 0.401 e. The highest BCUT2D eigenvalue weighted by Gasteiger charge is 2.45. The molecule has 9 heteroatoms. The standard InChI is InChI=1S/C26H31F4N3O2/c1-17-14-20-19-7-4-3-6-18(19)15-21(20)25(33(17)16-26(28,29)30)24-22(34-2)8-9-23(32-24)35-13-12-31-11-5-10-27/h3-4,6-9,17,25,31H,5,10-16H2,1-2H3/t17-,25+/m1/s1. The summed E-state index contributed by atoms with van der Waals surface area (Å²) in [6, 6.07) is 10.3. The Hall–Kier alpha value is -2.65. The van der Waals surface area contributed by atoms with Crippen molar-refractivity contribution >= 4 is 5.57 Å². The third-order valence-electron chi connectivity index (χ3n) is 6.56. The summed E-state index contributed by atoms with van der Waals surface area (Å²) in [7, 11) is 1.49. The molecule has 0 bridgehead atoms. The molecule has 1 aromatic carbocycles. The lowest BCUT2D eigenvalue weighted by molar-refractivity contribution is -0.155. The van der Waals surface area contributed by atoms with Gasteiger partial charge in [-0.1, -0.05) is 24.3 Å². The van der Waals surface area contributed by atoms with E-state index < -0.39 is 18.8 Å². The fourth-order valence-corrected chi connectivity index (χ4v) is 5.04. The second kappa shape index (κ2) is 11.0. The van der Waals surface area contributed by atoms with Crippen molar-refractivity contribution in [3.8, 4) is 11.6 Å². The number of rotatable bonds is 10. The van der Waals surface area contributed by atoms with Crippen molar-refractivity contribution in [3.05, 3.63) is 58.8 Å². The zero-order chi connectivity index (χ0) is 25.0. The van der Waals surface area contributed by atoms with Crippen molar-refractivity contribution < 1.29 is 27.0 Å². The summed E-state index contributed by atoms with van der Waals surface area (Å²) >= 11 is 0. The largest absolute Gasteiger partial charge is 0.495 e. The number of hydrogen-bond acceptors (Lipinski definition) is 5. The van der Waals surface area contributed by atoms with Gasteiger partial charge in [0, 0.05) is 18.7 Å². The molecule has 35 heavy (non-hydrogen) atoms. The SMILES string of the molecule is COc1ccc(OCCNCCCF)nc1[C@@H]1C2=C(C[C@@H](C)N1CC(F)(F)F)c1ccccc1C2. The number of benzene rings is 1. The summed E-state index contributed by atoms with van der Waals surface area (Å²) in [5.74, 6) is 0.739. The third kappa shape index (κ3) is 5.78. The minimum Gasteiger partial charge on any atom is -0.495 e. The van der Waals surface area contributed by atoms with E-state index in [0.29, 0.717) is 56.3 Å². The van der Waals surface area contributed by atoms with Gasteiger partial charge < -0.3 is 14.8 Å². The molecule has 0 saturated heterocycles. The van der Waals surface area contributed by atoms with Gasteiger partial charge in [-0.3, -0.25) is 9.29 Å². The highest BCUT2D eigenvalue weighted by molar-refractivity contribution is 5.79. The van der Waals surface area contributed by atoms with E-state index in [9.17, 15) is 17.6 Å². The van der Waals surface area contributed by atoms with Gasteiger partial charge >= 0.3 is 6.18 Å². The van der Waals surface area contributed by atoms with Crippen LogP contribution in [0.4, 0.5) is 17.6 Å². The highest BCUT2D eigenvalue weighted by atomic mass is 19.4. The van der Waals surface area contributed by atoms with E-state index in [0.717, 1.165) is 22.3 Å². The Kier molecular flexibility index (Phi) is 7.96. The molecule has 1 N–H and O–H groups in total. The van der Waals surface area contributed by atoms with E-state index in [1.54, 1.807) is 12.1 Å². The van der Waals surface area contributed by atoms with Gasteiger partial charge in [0.05, 0.1) is 26.4 Å². The fourth-order valence-electron chi connectivity index (χ4n) is 5.04. The zero-order valence-corrected chi connectivity index (χ0v) is 20.0. The minimum atomic E-state index is -4.36. The molecule has 1 aromatic heterocycles. The lowest BCUT2D eigenvalue weighted by Crippen LogP contribution is -2.46. The molecular weight excluding hydrogens is 462 g/mol.